The zero-order valence-corrected chi connectivity index (χ0v) is 9.86. The van der Waals surface area contributed by atoms with Gasteiger partial charge in [0.05, 0.1) is 24.0 Å². The summed E-state index contributed by atoms with van der Waals surface area (Å²) < 4.78 is 28.7. The predicted molar refractivity (Wildman–Crippen MR) is 56.3 cm³/mol. The highest BCUT2D eigenvalue weighted by Crippen LogP contribution is 2.12. The Morgan fingerprint density at radius 1 is 1.56 bits per heavy atom. The first kappa shape index (κ1) is 11.2. The van der Waals surface area contributed by atoms with Gasteiger partial charge in [-0.1, -0.05) is 0 Å². The number of sulfone groups is 1. The van der Waals surface area contributed by atoms with Crippen molar-refractivity contribution in [2.45, 2.75) is 10.8 Å². The standard InChI is InChI=1S/C8H8ClN3O3S/c1-16(13,14)7-3-10-12(4-7)8-11-6(2-9)5-15-8/h3-5H,2H2,1H3. The van der Waals surface area contributed by atoms with Crippen LogP contribution in [0.3, 0.4) is 0 Å². The molecule has 0 fully saturated rings. The van der Waals surface area contributed by atoms with E-state index >= 15 is 0 Å². The number of nitrogens with zero attached hydrogens (tertiary/aromatic N) is 3. The van der Waals surface area contributed by atoms with E-state index in [1.807, 2.05) is 0 Å². The van der Waals surface area contributed by atoms with E-state index in [0.717, 1.165) is 6.26 Å². The Kier molecular flexibility index (Phi) is 2.73. The van der Waals surface area contributed by atoms with Crippen molar-refractivity contribution < 1.29 is 12.8 Å². The number of hydrogen-bond donors (Lipinski definition) is 0. The van der Waals surface area contributed by atoms with E-state index in [1.165, 1.54) is 23.3 Å². The van der Waals surface area contributed by atoms with Gasteiger partial charge in [-0.25, -0.2) is 8.42 Å². The number of rotatable bonds is 3. The molecule has 16 heavy (non-hydrogen) atoms. The lowest BCUT2D eigenvalue weighted by atomic mass is 10.6. The van der Waals surface area contributed by atoms with Crippen molar-refractivity contribution in [2.75, 3.05) is 6.26 Å². The Labute approximate surface area is 96.8 Å². The highest BCUT2D eigenvalue weighted by Gasteiger charge is 2.13. The maximum Gasteiger partial charge on any atom is 0.322 e. The van der Waals surface area contributed by atoms with E-state index in [9.17, 15) is 8.42 Å². The lowest BCUT2D eigenvalue weighted by molar-refractivity contribution is 0.509. The van der Waals surface area contributed by atoms with Crippen LogP contribution in [0, 0.1) is 0 Å². The van der Waals surface area contributed by atoms with Gasteiger partial charge in [-0.05, 0) is 0 Å². The first-order valence-electron chi connectivity index (χ1n) is 4.26. The van der Waals surface area contributed by atoms with E-state index in [2.05, 4.69) is 10.1 Å². The average Bonchev–Trinajstić information content (AvgIpc) is 2.85. The lowest BCUT2D eigenvalue weighted by Gasteiger charge is -1.91. The van der Waals surface area contributed by atoms with Gasteiger partial charge in [0.25, 0.3) is 0 Å². The number of alkyl halides is 1. The third-order valence-electron chi connectivity index (χ3n) is 1.86. The number of hydrogen-bond acceptors (Lipinski definition) is 5. The first-order valence-corrected chi connectivity index (χ1v) is 6.69. The molecule has 0 amide bonds. The van der Waals surface area contributed by atoms with Gasteiger partial charge < -0.3 is 4.42 Å². The molecule has 0 spiro atoms. The van der Waals surface area contributed by atoms with Crippen LogP contribution in [0.15, 0.2) is 28.0 Å². The highest BCUT2D eigenvalue weighted by atomic mass is 35.5. The van der Waals surface area contributed by atoms with Crippen LogP contribution in [0.5, 0.6) is 0 Å². The summed E-state index contributed by atoms with van der Waals surface area (Å²) in [5, 5.41) is 3.84. The molecule has 8 heteroatoms. The Balaban J connectivity index is 2.39. The number of aromatic nitrogens is 3. The average molecular weight is 262 g/mol. The van der Waals surface area contributed by atoms with Gasteiger partial charge in [-0.3, -0.25) is 0 Å². The first-order chi connectivity index (χ1) is 7.50. The minimum atomic E-state index is -3.27. The molecule has 2 aromatic rings. The van der Waals surface area contributed by atoms with Crippen molar-refractivity contribution in [3.63, 3.8) is 0 Å². The second kappa shape index (κ2) is 3.91. The second-order valence-corrected chi connectivity index (χ2v) is 5.43. The molecule has 0 radical (unpaired) electrons. The quantitative estimate of drug-likeness (QED) is 0.771. The SMILES string of the molecule is CS(=O)(=O)c1cnn(-c2nc(CCl)co2)c1. The maximum absolute atomic E-state index is 11.2. The van der Waals surface area contributed by atoms with Crippen LogP contribution in [0.2, 0.25) is 0 Å². The lowest BCUT2D eigenvalue weighted by Crippen LogP contribution is -1.96. The molecule has 0 bridgehead atoms. The molecule has 0 aliphatic carbocycles. The summed E-state index contributed by atoms with van der Waals surface area (Å²) in [5.41, 5.74) is 0.563. The minimum Gasteiger partial charge on any atom is -0.430 e. The molecule has 86 valence electrons. The van der Waals surface area contributed by atoms with Gasteiger partial charge in [-0.2, -0.15) is 14.8 Å². The Bertz CT molecular complexity index is 602. The normalized spacial score (nSPS) is 11.9. The van der Waals surface area contributed by atoms with Gasteiger partial charge in [0.1, 0.15) is 11.2 Å². The molecule has 0 atom stereocenters. The Hall–Kier alpha value is -1.34. The van der Waals surface area contributed by atoms with Crippen LogP contribution in [-0.2, 0) is 15.7 Å². The summed E-state index contributed by atoms with van der Waals surface area (Å²) in [4.78, 5) is 4.11. The van der Waals surface area contributed by atoms with Crippen LogP contribution in [0.1, 0.15) is 5.69 Å². The van der Waals surface area contributed by atoms with Gasteiger partial charge in [0.2, 0.25) is 0 Å². The second-order valence-electron chi connectivity index (χ2n) is 3.15. The molecule has 0 saturated heterocycles. The van der Waals surface area contributed by atoms with Crippen molar-refractivity contribution in [2.24, 2.45) is 0 Å². The van der Waals surface area contributed by atoms with Crippen LogP contribution in [-0.4, -0.2) is 29.4 Å². The zero-order valence-electron chi connectivity index (χ0n) is 8.29. The summed E-state index contributed by atoms with van der Waals surface area (Å²) >= 11 is 5.56. The monoisotopic (exact) mass is 261 g/mol. The van der Waals surface area contributed by atoms with E-state index in [4.69, 9.17) is 16.0 Å². The van der Waals surface area contributed by atoms with Crippen LogP contribution in [0.25, 0.3) is 6.01 Å². The van der Waals surface area contributed by atoms with Crippen molar-refractivity contribution in [3.8, 4) is 6.01 Å². The molecular weight excluding hydrogens is 254 g/mol. The third kappa shape index (κ3) is 2.10. The molecule has 2 rings (SSSR count). The fraction of sp³-hybridized carbons (Fsp3) is 0.250. The van der Waals surface area contributed by atoms with Gasteiger partial charge in [0, 0.05) is 6.26 Å². The van der Waals surface area contributed by atoms with Crippen molar-refractivity contribution in [1.82, 2.24) is 14.8 Å². The number of halogens is 1. The van der Waals surface area contributed by atoms with Crippen molar-refractivity contribution in [3.05, 3.63) is 24.4 Å². The smallest absolute Gasteiger partial charge is 0.322 e. The van der Waals surface area contributed by atoms with E-state index < -0.39 is 9.84 Å². The number of oxazole rings is 1. The molecule has 0 aliphatic heterocycles. The molecular formula is C8H8ClN3O3S. The van der Waals surface area contributed by atoms with Gasteiger partial charge in [0.15, 0.2) is 9.84 Å². The summed E-state index contributed by atoms with van der Waals surface area (Å²) in [6.07, 6.45) is 5.07. The van der Waals surface area contributed by atoms with E-state index in [0.29, 0.717) is 5.69 Å². The van der Waals surface area contributed by atoms with Crippen molar-refractivity contribution >= 4 is 21.4 Å². The topological polar surface area (TPSA) is 78.0 Å². The zero-order chi connectivity index (χ0) is 11.8. The molecule has 2 heterocycles. The maximum atomic E-state index is 11.2. The molecule has 0 N–H and O–H groups in total. The Morgan fingerprint density at radius 3 is 2.81 bits per heavy atom. The van der Waals surface area contributed by atoms with Crippen LogP contribution in [0.4, 0.5) is 0 Å². The van der Waals surface area contributed by atoms with Crippen LogP contribution < -0.4 is 0 Å². The summed E-state index contributed by atoms with van der Waals surface area (Å²) in [5.74, 6) is 0.226. The molecule has 0 aromatic carbocycles. The van der Waals surface area contributed by atoms with Crippen molar-refractivity contribution in [1.29, 1.82) is 0 Å². The fourth-order valence-electron chi connectivity index (χ4n) is 1.07. The summed E-state index contributed by atoms with van der Waals surface area (Å²) in [6, 6.07) is 0.186. The fourth-order valence-corrected chi connectivity index (χ4v) is 1.72. The molecule has 0 unspecified atom stereocenters. The van der Waals surface area contributed by atoms with Gasteiger partial charge in [-0.15, -0.1) is 11.6 Å². The summed E-state index contributed by atoms with van der Waals surface area (Å²) in [7, 11) is -3.27. The van der Waals surface area contributed by atoms with Crippen LogP contribution >= 0.6 is 11.6 Å². The van der Waals surface area contributed by atoms with E-state index in [-0.39, 0.29) is 16.8 Å². The van der Waals surface area contributed by atoms with Gasteiger partial charge >= 0.3 is 6.01 Å². The third-order valence-corrected chi connectivity index (χ3v) is 3.20. The largest absolute Gasteiger partial charge is 0.430 e. The molecule has 6 nitrogen and oxygen atoms in total. The molecule has 2 aromatic heterocycles. The molecule has 0 aliphatic rings. The highest BCUT2D eigenvalue weighted by molar-refractivity contribution is 7.90. The predicted octanol–water partition coefficient (Wildman–Crippen LogP) is 1.00. The Morgan fingerprint density at radius 2 is 2.31 bits per heavy atom. The van der Waals surface area contributed by atoms with E-state index in [1.54, 1.807) is 0 Å². The summed E-state index contributed by atoms with van der Waals surface area (Å²) in [6.45, 7) is 0. The molecule has 0 saturated carbocycles. The minimum absolute atomic E-state index is 0.109.